The highest BCUT2D eigenvalue weighted by molar-refractivity contribution is 7.90. The number of amides is 3. The van der Waals surface area contributed by atoms with Gasteiger partial charge in [0.1, 0.15) is 6.61 Å². The van der Waals surface area contributed by atoms with Crippen molar-refractivity contribution in [3.05, 3.63) is 120 Å². The summed E-state index contributed by atoms with van der Waals surface area (Å²) in [6, 6.07) is 27.9. The first kappa shape index (κ1) is 31.2. The molecule has 0 aliphatic heterocycles. The van der Waals surface area contributed by atoms with Crippen LogP contribution in [0.5, 0.6) is 0 Å². The molecule has 0 saturated heterocycles. The molecule has 10 nitrogen and oxygen atoms in total. The highest BCUT2D eigenvalue weighted by Gasteiger charge is 2.26. The molecule has 224 valence electrons. The van der Waals surface area contributed by atoms with Crippen LogP contribution in [0, 0.1) is 5.92 Å². The van der Waals surface area contributed by atoms with Crippen LogP contribution in [0.15, 0.2) is 113 Å². The number of benzene rings is 3. The number of hydroxylamine groups is 2. The molecule has 0 aliphatic carbocycles. The molecule has 1 atom stereocenters. The van der Waals surface area contributed by atoms with E-state index in [0.717, 1.165) is 22.4 Å². The van der Waals surface area contributed by atoms with E-state index in [9.17, 15) is 22.8 Å². The van der Waals surface area contributed by atoms with Gasteiger partial charge < -0.3 is 9.73 Å². The highest BCUT2D eigenvalue weighted by atomic mass is 32.2. The van der Waals surface area contributed by atoms with Gasteiger partial charge in [0.05, 0.1) is 30.3 Å². The quantitative estimate of drug-likeness (QED) is 0.122. The minimum Gasteiger partial charge on any atom is -0.459 e. The molecular formula is C32H33N3O7S. The van der Waals surface area contributed by atoms with Crippen molar-refractivity contribution in [1.29, 1.82) is 0 Å². The van der Waals surface area contributed by atoms with E-state index in [1.54, 1.807) is 12.1 Å². The fourth-order valence-electron chi connectivity index (χ4n) is 4.36. The van der Waals surface area contributed by atoms with Crippen LogP contribution < -0.4 is 10.2 Å². The third kappa shape index (κ3) is 9.12. The van der Waals surface area contributed by atoms with Crippen LogP contribution in [0.4, 0.5) is 5.69 Å². The first-order chi connectivity index (χ1) is 20.7. The normalized spacial score (nSPS) is 11.8. The van der Waals surface area contributed by atoms with Gasteiger partial charge in [-0.3, -0.25) is 24.1 Å². The van der Waals surface area contributed by atoms with E-state index < -0.39 is 27.6 Å². The second-order valence-electron chi connectivity index (χ2n) is 9.86. The molecule has 4 rings (SSSR count). The Kier molecular flexibility index (Phi) is 10.8. The topological polar surface area (TPSA) is 126 Å². The van der Waals surface area contributed by atoms with Crippen LogP contribution in [0.1, 0.15) is 28.1 Å². The molecule has 1 aromatic heterocycles. The first-order valence-corrected chi connectivity index (χ1v) is 15.5. The Morgan fingerprint density at radius 1 is 0.930 bits per heavy atom. The highest BCUT2D eigenvalue weighted by Crippen LogP contribution is 2.22. The van der Waals surface area contributed by atoms with Crippen LogP contribution >= 0.6 is 0 Å². The molecule has 3 amide bonds. The van der Waals surface area contributed by atoms with E-state index in [4.69, 9.17) is 9.25 Å². The second kappa shape index (κ2) is 14.9. The summed E-state index contributed by atoms with van der Waals surface area (Å²) in [7, 11) is -3.56. The van der Waals surface area contributed by atoms with Gasteiger partial charge in [-0.25, -0.2) is 13.5 Å². The summed E-state index contributed by atoms with van der Waals surface area (Å²) in [6.07, 6.45) is 3.91. The summed E-state index contributed by atoms with van der Waals surface area (Å²) in [6.45, 7) is -0.154. The van der Waals surface area contributed by atoms with Crippen LogP contribution in [0.3, 0.4) is 0 Å². The second-order valence-corrected chi connectivity index (χ2v) is 11.9. The van der Waals surface area contributed by atoms with Crippen molar-refractivity contribution in [2.75, 3.05) is 24.4 Å². The summed E-state index contributed by atoms with van der Waals surface area (Å²) >= 11 is 0. The number of rotatable bonds is 15. The number of sulfone groups is 1. The molecule has 0 bridgehead atoms. The van der Waals surface area contributed by atoms with E-state index in [1.165, 1.54) is 35.4 Å². The van der Waals surface area contributed by atoms with E-state index in [2.05, 4.69) is 5.32 Å². The number of nitrogens with zero attached hydrogens (tertiary/aromatic N) is 2. The maximum atomic E-state index is 13.6. The Morgan fingerprint density at radius 2 is 1.63 bits per heavy atom. The molecule has 43 heavy (non-hydrogen) atoms. The maximum Gasteiger partial charge on any atom is 0.295 e. The molecule has 1 heterocycles. The molecule has 0 fully saturated rings. The number of anilines is 1. The first-order valence-electron chi connectivity index (χ1n) is 13.6. The van der Waals surface area contributed by atoms with Gasteiger partial charge in [-0.2, -0.15) is 0 Å². The van der Waals surface area contributed by atoms with Crippen LogP contribution in [-0.2, 0) is 37.3 Å². The fraction of sp³-hybridized carbons (Fsp3) is 0.219. The predicted molar refractivity (Wildman–Crippen MR) is 160 cm³/mol. The summed E-state index contributed by atoms with van der Waals surface area (Å²) in [5.41, 5.74) is 2.14. The van der Waals surface area contributed by atoms with Gasteiger partial charge in [0.15, 0.2) is 15.6 Å². The van der Waals surface area contributed by atoms with Crippen molar-refractivity contribution in [2.45, 2.75) is 24.3 Å². The Morgan fingerprint density at radius 3 is 2.26 bits per heavy atom. The number of hydrogen-bond donors (Lipinski definition) is 1. The number of carbonyl (C=O) groups is 3. The smallest absolute Gasteiger partial charge is 0.295 e. The molecule has 3 aromatic carbocycles. The SMILES string of the molecule is CS(=O)(=O)c1cccc(N(CNC(=O)[C@H](CCc2ccccc2)CN(C=O)OCc2ccccc2)C(=O)c2ccco2)c1. The van der Waals surface area contributed by atoms with E-state index in [0.29, 0.717) is 19.3 Å². The third-order valence-electron chi connectivity index (χ3n) is 6.70. The minimum absolute atomic E-state index is 0.0149. The van der Waals surface area contributed by atoms with E-state index >= 15 is 0 Å². The Bertz CT molecular complexity index is 1590. The van der Waals surface area contributed by atoms with Crippen molar-refractivity contribution in [2.24, 2.45) is 5.92 Å². The predicted octanol–water partition coefficient (Wildman–Crippen LogP) is 4.24. The monoisotopic (exact) mass is 603 g/mol. The van der Waals surface area contributed by atoms with E-state index in [1.807, 2.05) is 60.7 Å². The number of aryl methyl sites for hydroxylation is 1. The molecule has 0 aliphatic rings. The lowest BCUT2D eigenvalue weighted by atomic mass is 9.98. The molecule has 4 aromatic rings. The average molecular weight is 604 g/mol. The summed E-state index contributed by atoms with van der Waals surface area (Å²) in [4.78, 5) is 45.8. The Labute approximate surface area is 250 Å². The summed E-state index contributed by atoms with van der Waals surface area (Å²) in [5.74, 6) is -1.66. The number of nitrogens with one attached hydrogen (secondary N) is 1. The Hall–Kier alpha value is -4.74. The summed E-state index contributed by atoms with van der Waals surface area (Å²) in [5, 5.41) is 3.90. The zero-order chi connectivity index (χ0) is 30.7. The largest absolute Gasteiger partial charge is 0.459 e. The zero-order valence-corrected chi connectivity index (χ0v) is 24.5. The Balaban J connectivity index is 1.52. The van der Waals surface area contributed by atoms with Gasteiger partial charge in [0.2, 0.25) is 12.3 Å². The zero-order valence-electron chi connectivity index (χ0n) is 23.7. The van der Waals surface area contributed by atoms with Crippen LogP contribution in [0.2, 0.25) is 0 Å². The molecule has 0 unspecified atom stereocenters. The van der Waals surface area contributed by atoms with Crippen molar-refractivity contribution in [1.82, 2.24) is 10.4 Å². The maximum absolute atomic E-state index is 13.6. The van der Waals surface area contributed by atoms with Gasteiger partial charge in [-0.05, 0) is 54.3 Å². The average Bonchev–Trinajstić information content (AvgIpc) is 3.57. The van der Waals surface area contributed by atoms with Crippen LogP contribution in [-0.4, -0.2) is 51.2 Å². The molecular weight excluding hydrogens is 570 g/mol. The van der Waals surface area contributed by atoms with Crippen LogP contribution in [0.25, 0.3) is 0 Å². The molecule has 11 heteroatoms. The third-order valence-corrected chi connectivity index (χ3v) is 7.81. The van der Waals surface area contributed by atoms with Crippen molar-refractivity contribution >= 4 is 33.7 Å². The van der Waals surface area contributed by atoms with Gasteiger partial charge in [-0.1, -0.05) is 66.7 Å². The van der Waals surface area contributed by atoms with Gasteiger partial charge in [0, 0.05) is 11.9 Å². The molecule has 0 radical (unpaired) electrons. The molecule has 0 saturated carbocycles. The lowest BCUT2D eigenvalue weighted by molar-refractivity contribution is -0.182. The van der Waals surface area contributed by atoms with Gasteiger partial charge in [0.25, 0.3) is 5.91 Å². The fourth-order valence-corrected chi connectivity index (χ4v) is 5.02. The van der Waals surface area contributed by atoms with Crippen molar-refractivity contribution in [3.8, 4) is 0 Å². The van der Waals surface area contributed by atoms with Crippen molar-refractivity contribution < 1.29 is 32.1 Å². The van der Waals surface area contributed by atoms with E-state index in [-0.39, 0.29) is 36.2 Å². The van der Waals surface area contributed by atoms with Gasteiger partial charge in [-0.15, -0.1) is 0 Å². The van der Waals surface area contributed by atoms with Gasteiger partial charge >= 0.3 is 0 Å². The lowest BCUT2D eigenvalue weighted by Gasteiger charge is -2.26. The number of carbonyl (C=O) groups excluding carboxylic acids is 3. The minimum atomic E-state index is -3.56. The summed E-state index contributed by atoms with van der Waals surface area (Å²) < 4.78 is 29.7. The lowest BCUT2D eigenvalue weighted by Crippen LogP contribution is -2.45. The number of furan rings is 1. The molecule has 0 spiro atoms. The number of hydrogen-bond acceptors (Lipinski definition) is 7. The van der Waals surface area contributed by atoms with Crippen molar-refractivity contribution in [3.63, 3.8) is 0 Å². The molecule has 1 N–H and O–H groups in total. The standard InChI is InChI=1S/C32H33N3O7S/c1-43(39,40)29-15-8-14-28(20-29)35(32(38)30-16-9-19-41-30)23-33-31(37)27(18-17-25-10-4-2-5-11-25)21-34(24-36)42-22-26-12-6-3-7-13-26/h2-16,19-20,24,27H,17-18,21-23H2,1H3,(H,33,37)/t27-/m1/s1.